The number of hydrogen-bond acceptors (Lipinski definition) is 4. The number of aromatic nitrogens is 1. The molecule has 0 saturated carbocycles. The fourth-order valence-electron chi connectivity index (χ4n) is 5.01. The molecule has 0 radical (unpaired) electrons. The summed E-state index contributed by atoms with van der Waals surface area (Å²) in [6.45, 7) is 3.20. The molecule has 4 rings (SSSR count). The number of ether oxygens (including phenoxy) is 2. The van der Waals surface area contributed by atoms with Gasteiger partial charge in [-0.3, -0.25) is 4.79 Å². The summed E-state index contributed by atoms with van der Waals surface area (Å²) in [5.41, 5.74) is 1.58. The topological polar surface area (TPSA) is 55.7 Å². The molecule has 152 valence electrons. The molecule has 3 heterocycles. The molecule has 1 aromatic carbocycles. The minimum absolute atomic E-state index is 0.0207. The van der Waals surface area contributed by atoms with Gasteiger partial charge in [0.15, 0.2) is 0 Å². The van der Waals surface area contributed by atoms with Crippen molar-refractivity contribution in [2.75, 3.05) is 33.9 Å². The highest BCUT2D eigenvalue weighted by molar-refractivity contribution is 6.00. The molecule has 0 bridgehead atoms. The van der Waals surface area contributed by atoms with Crippen LogP contribution in [0.3, 0.4) is 0 Å². The van der Waals surface area contributed by atoms with Crippen LogP contribution in [0.25, 0.3) is 10.9 Å². The first-order valence-electron chi connectivity index (χ1n) is 10.4. The van der Waals surface area contributed by atoms with Crippen molar-refractivity contribution in [2.24, 2.45) is 13.0 Å². The van der Waals surface area contributed by atoms with Crippen molar-refractivity contribution in [3.63, 3.8) is 0 Å². The van der Waals surface area contributed by atoms with Gasteiger partial charge in [-0.25, -0.2) is 0 Å². The van der Waals surface area contributed by atoms with Gasteiger partial charge in [-0.1, -0.05) is 6.42 Å². The number of benzene rings is 1. The van der Waals surface area contributed by atoms with E-state index >= 15 is 0 Å². The quantitative estimate of drug-likeness (QED) is 0.859. The van der Waals surface area contributed by atoms with Crippen molar-refractivity contribution >= 4 is 16.8 Å². The minimum atomic E-state index is -0.0207. The zero-order valence-corrected chi connectivity index (χ0v) is 17.2. The van der Waals surface area contributed by atoms with Crippen molar-refractivity contribution in [1.29, 1.82) is 0 Å². The number of amides is 1. The zero-order chi connectivity index (χ0) is 19.7. The van der Waals surface area contributed by atoms with Crippen LogP contribution in [0.15, 0.2) is 18.2 Å². The molecule has 6 heteroatoms. The number of carbonyl (C=O) groups is 1. The summed E-state index contributed by atoms with van der Waals surface area (Å²) in [6, 6.07) is 6.34. The van der Waals surface area contributed by atoms with Crippen LogP contribution in [-0.2, 0) is 7.05 Å². The lowest BCUT2D eigenvalue weighted by Crippen LogP contribution is -2.51. The van der Waals surface area contributed by atoms with Gasteiger partial charge in [0.2, 0.25) is 0 Å². The average molecular weight is 386 g/mol. The van der Waals surface area contributed by atoms with Crippen molar-refractivity contribution < 1.29 is 14.3 Å². The normalized spacial score (nSPS) is 22.7. The number of piperidine rings is 2. The molecule has 2 aromatic rings. The smallest absolute Gasteiger partial charge is 0.267 e. The predicted octanol–water partition coefficient (Wildman–Crippen LogP) is 3.19. The van der Waals surface area contributed by atoms with Crippen molar-refractivity contribution in [1.82, 2.24) is 14.8 Å². The van der Waals surface area contributed by atoms with Crippen molar-refractivity contribution in [3.05, 3.63) is 23.9 Å². The highest BCUT2D eigenvalue weighted by Gasteiger charge is 2.33. The van der Waals surface area contributed by atoms with Crippen LogP contribution in [0.5, 0.6) is 11.5 Å². The number of hydrogen-bond donors (Lipinski definition) is 1. The highest BCUT2D eigenvalue weighted by Crippen LogP contribution is 2.33. The van der Waals surface area contributed by atoms with Crippen molar-refractivity contribution in [2.45, 2.75) is 38.1 Å². The molecule has 2 atom stereocenters. The molecular weight excluding hydrogens is 354 g/mol. The Morgan fingerprint density at radius 2 is 1.93 bits per heavy atom. The largest absolute Gasteiger partial charge is 0.497 e. The van der Waals surface area contributed by atoms with Gasteiger partial charge in [0.25, 0.3) is 5.91 Å². The van der Waals surface area contributed by atoms with E-state index in [4.69, 9.17) is 9.47 Å². The van der Waals surface area contributed by atoms with E-state index in [9.17, 15) is 4.79 Å². The summed E-state index contributed by atoms with van der Waals surface area (Å²) in [5, 5.41) is 4.13. The van der Waals surface area contributed by atoms with Crippen LogP contribution < -0.4 is 14.8 Å². The van der Waals surface area contributed by atoms with E-state index in [1.807, 2.05) is 29.8 Å². The highest BCUT2D eigenvalue weighted by atomic mass is 16.5. The van der Waals surface area contributed by atoms with Gasteiger partial charge in [-0.15, -0.1) is 0 Å². The SMILES string of the molecule is COc1cc(OC)c2cc(C(=O)NC[C@@H]3CCCN4CCCC[C@H]34)n(C)c2c1. The lowest BCUT2D eigenvalue weighted by atomic mass is 9.83. The van der Waals surface area contributed by atoms with Gasteiger partial charge in [0, 0.05) is 37.2 Å². The molecule has 2 aliphatic heterocycles. The Labute approximate surface area is 166 Å². The van der Waals surface area contributed by atoms with Crippen LogP contribution in [0.2, 0.25) is 0 Å². The molecule has 0 unspecified atom stereocenters. The van der Waals surface area contributed by atoms with E-state index < -0.39 is 0 Å². The second kappa shape index (κ2) is 8.03. The fraction of sp³-hybridized carbons (Fsp3) is 0.591. The number of nitrogens with one attached hydrogen (secondary N) is 1. The first-order chi connectivity index (χ1) is 13.6. The summed E-state index contributed by atoms with van der Waals surface area (Å²) in [7, 11) is 5.19. The Kier molecular flexibility index (Phi) is 5.49. The molecule has 0 spiro atoms. The van der Waals surface area contributed by atoms with Crippen LogP contribution in [0.1, 0.15) is 42.6 Å². The van der Waals surface area contributed by atoms with Gasteiger partial charge in [-0.2, -0.15) is 0 Å². The number of nitrogens with zero attached hydrogens (tertiary/aromatic N) is 2. The summed E-state index contributed by atoms with van der Waals surface area (Å²) < 4.78 is 12.8. The lowest BCUT2D eigenvalue weighted by Gasteiger charge is -2.44. The standard InChI is InChI=1S/C22H31N3O3/c1-24-19-11-16(27-2)12-21(28-3)17(19)13-20(24)22(26)23-14-15-7-6-10-25-9-5-4-8-18(15)25/h11-13,15,18H,4-10,14H2,1-3H3,(H,23,26)/t15-,18+/m0/s1. The molecule has 1 amide bonds. The van der Waals surface area contributed by atoms with E-state index in [-0.39, 0.29) is 5.91 Å². The molecule has 2 fully saturated rings. The van der Waals surface area contributed by atoms with E-state index in [1.165, 1.54) is 45.2 Å². The minimum Gasteiger partial charge on any atom is -0.497 e. The molecule has 28 heavy (non-hydrogen) atoms. The van der Waals surface area contributed by atoms with Gasteiger partial charge >= 0.3 is 0 Å². The van der Waals surface area contributed by atoms with Crippen LogP contribution in [0, 0.1) is 5.92 Å². The second-order valence-corrected chi connectivity index (χ2v) is 8.06. The summed E-state index contributed by atoms with van der Waals surface area (Å²) >= 11 is 0. The summed E-state index contributed by atoms with van der Waals surface area (Å²) in [5.74, 6) is 1.97. The molecule has 2 aliphatic rings. The molecular formula is C22H31N3O3. The first-order valence-corrected chi connectivity index (χ1v) is 10.4. The van der Waals surface area contributed by atoms with Gasteiger partial charge in [0.05, 0.1) is 19.7 Å². The molecule has 0 aliphatic carbocycles. The van der Waals surface area contributed by atoms with Gasteiger partial charge < -0.3 is 24.3 Å². The van der Waals surface area contributed by atoms with Crippen LogP contribution in [0.4, 0.5) is 0 Å². The first kappa shape index (κ1) is 19.1. The third kappa shape index (κ3) is 3.46. The number of methoxy groups -OCH3 is 2. The maximum absolute atomic E-state index is 13.0. The monoisotopic (exact) mass is 385 g/mol. The molecule has 1 N–H and O–H groups in total. The number of aryl methyl sites for hydroxylation is 1. The molecule has 2 saturated heterocycles. The van der Waals surface area contributed by atoms with E-state index in [2.05, 4.69) is 10.2 Å². The number of rotatable bonds is 5. The van der Waals surface area contributed by atoms with Crippen LogP contribution in [-0.4, -0.2) is 55.3 Å². The van der Waals surface area contributed by atoms with E-state index in [0.29, 0.717) is 23.4 Å². The Morgan fingerprint density at radius 1 is 1.11 bits per heavy atom. The number of carbonyl (C=O) groups excluding carboxylic acids is 1. The lowest BCUT2D eigenvalue weighted by molar-refractivity contribution is 0.0574. The van der Waals surface area contributed by atoms with Gasteiger partial charge in [-0.05, 0) is 50.8 Å². The van der Waals surface area contributed by atoms with Crippen molar-refractivity contribution in [3.8, 4) is 11.5 Å². The maximum atomic E-state index is 13.0. The summed E-state index contributed by atoms with van der Waals surface area (Å²) in [6.07, 6.45) is 6.35. The third-order valence-corrected chi connectivity index (χ3v) is 6.54. The third-order valence-electron chi connectivity index (χ3n) is 6.54. The fourth-order valence-corrected chi connectivity index (χ4v) is 5.01. The van der Waals surface area contributed by atoms with E-state index in [0.717, 1.165) is 23.2 Å². The maximum Gasteiger partial charge on any atom is 0.267 e. The Balaban J connectivity index is 1.51. The zero-order valence-electron chi connectivity index (χ0n) is 17.2. The Bertz CT molecular complexity index is 858. The molecule has 1 aromatic heterocycles. The predicted molar refractivity (Wildman–Crippen MR) is 110 cm³/mol. The Morgan fingerprint density at radius 3 is 2.71 bits per heavy atom. The second-order valence-electron chi connectivity index (χ2n) is 8.06. The average Bonchev–Trinajstić information content (AvgIpc) is 3.07. The Hall–Kier alpha value is -2.21. The van der Waals surface area contributed by atoms with Gasteiger partial charge in [0.1, 0.15) is 17.2 Å². The number of fused-ring (bicyclic) bond motifs is 2. The summed E-state index contributed by atoms with van der Waals surface area (Å²) in [4.78, 5) is 15.6. The van der Waals surface area contributed by atoms with Crippen LogP contribution >= 0.6 is 0 Å². The van der Waals surface area contributed by atoms with E-state index in [1.54, 1.807) is 14.2 Å². The molecule has 6 nitrogen and oxygen atoms in total.